The molecule has 1 atom stereocenters. The lowest BCUT2D eigenvalue weighted by molar-refractivity contribution is -0.136. The van der Waals surface area contributed by atoms with Gasteiger partial charge < -0.3 is 15.4 Å². The number of methoxy groups -OCH3 is 1. The van der Waals surface area contributed by atoms with Crippen molar-refractivity contribution in [1.29, 1.82) is 0 Å². The number of nitrogens with two attached hydrogens (primary N) is 1. The van der Waals surface area contributed by atoms with Crippen molar-refractivity contribution in [3.05, 3.63) is 23.3 Å². The van der Waals surface area contributed by atoms with Crippen LogP contribution in [-0.2, 0) is 9.53 Å². The van der Waals surface area contributed by atoms with E-state index in [1.165, 1.54) is 13.3 Å². The Balaban J connectivity index is 2.12. The van der Waals surface area contributed by atoms with Crippen molar-refractivity contribution in [3.8, 4) is 0 Å². The van der Waals surface area contributed by atoms with E-state index in [-0.39, 0.29) is 18.4 Å². The van der Waals surface area contributed by atoms with Gasteiger partial charge in [-0.1, -0.05) is 0 Å². The zero-order valence-electron chi connectivity index (χ0n) is 12.3. The summed E-state index contributed by atoms with van der Waals surface area (Å²) < 4.78 is 4.89. The Morgan fingerprint density at radius 1 is 1.52 bits per heavy atom. The zero-order valence-corrected chi connectivity index (χ0v) is 12.3. The minimum atomic E-state index is -0.528. The first-order chi connectivity index (χ1) is 10.0. The molecule has 21 heavy (non-hydrogen) atoms. The molecule has 2 heterocycles. The Hall–Kier alpha value is -2.02. The summed E-state index contributed by atoms with van der Waals surface area (Å²) in [6.07, 6.45) is 3.29. The highest BCUT2D eigenvalue weighted by Gasteiger charge is 2.26. The molecule has 1 saturated heterocycles. The van der Waals surface area contributed by atoms with E-state index in [1.54, 1.807) is 11.8 Å². The van der Waals surface area contributed by atoms with Crippen LogP contribution in [0.3, 0.4) is 0 Å². The van der Waals surface area contributed by atoms with Crippen molar-refractivity contribution >= 4 is 11.8 Å². The van der Waals surface area contributed by atoms with E-state index in [4.69, 9.17) is 10.5 Å². The maximum Gasteiger partial charge on any atom is 0.252 e. The van der Waals surface area contributed by atoms with Gasteiger partial charge in [-0.25, -0.2) is 9.97 Å². The molecule has 1 unspecified atom stereocenters. The van der Waals surface area contributed by atoms with Gasteiger partial charge in [-0.3, -0.25) is 9.59 Å². The summed E-state index contributed by atoms with van der Waals surface area (Å²) in [6, 6.07) is 0. The van der Waals surface area contributed by atoms with Crippen molar-refractivity contribution in [1.82, 2.24) is 14.9 Å². The molecule has 7 nitrogen and oxygen atoms in total. The van der Waals surface area contributed by atoms with Crippen molar-refractivity contribution in [2.45, 2.75) is 25.7 Å². The van der Waals surface area contributed by atoms with Gasteiger partial charge in [-0.05, 0) is 19.8 Å². The molecule has 1 fully saturated rings. The number of ether oxygens (including phenoxy) is 1. The summed E-state index contributed by atoms with van der Waals surface area (Å²) in [5, 5.41) is 0. The maximum absolute atomic E-state index is 11.9. The van der Waals surface area contributed by atoms with Gasteiger partial charge in [-0.2, -0.15) is 0 Å². The summed E-state index contributed by atoms with van der Waals surface area (Å²) in [5.41, 5.74) is 6.16. The predicted molar refractivity (Wildman–Crippen MR) is 75.7 cm³/mol. The number of nitrogens with zero attached hydrogens (tertiary/aromatic N) is 3. The molecule has 1 aromatic heterocycles. The molecule has 2 amide bonds. The Bertz CT molecular complexity index is 547. The summed E-state index contributed by atoms with van der Waals surface area (Å²) in [5.74, 6) is 0.194. The first-order valence-corrected chi connectivity index (χ1v) is 6.93. The fraction of sp³-hybridized carbons (Fsp3) is 0.571. The van der Waals surface area contributed by atoms with E-state index in [0.717, 1.165) is 19.4 Å². The van der Waals surface area contributed by atoms with Crippen LogP contribution in [0.1, 0.15) is 40.6 Å². The average molecular weight is 292 g/mol. The Labute approximate surface area is 123 Å². The SMILES string of the molecule is COCC(=O)N1CCCC(c2ncc(C(N)=O)c(C)n2)C1. The number of aryl methyl sites for hydroxylation is 1. The molecular weight excluding hydrogens is 272 g/mol. The zero-order chi connectivity index (χ0) is 15.4. The lowest BCUT2D eigenvalue weighted by Gasteiger charge is -2.32. The minimum Gasteiger partial charge on any atom is -0.375 e. The fourth-order valence-electron chi connectivity index (χ4n) is 2.55. The molecule has 0 saturated carbocycles. The third-order valence-electron chi connectivity index (χ3n) is 3.67. The molecule has 7 heteroatoms. The normalized spacial score (nSPS) is 18.6. The van der Waals surface area contributed by atoms with Gasteiger partial charge in [0.25, 0.3) is 5.91 Å². The number of aromatic nitrogens is 2. The lowest BCUT2D eigenvalue weighted by atomic mass is 9.97. The topological polar surface area (TPSA) is 98.4 Å². The number of carbonyl (C=O) groups excluding carboxylic acids is 2. The second-order valence-corrected chi connectivity index (χ2v) is 5.20. The quantitative estimate of drug-likeness (QED) is 0.857. The van der Waals surface area contributed by atoms with Gasteiger partial charge in [0.15, 0.2) is 0 Å². The standard InChI is InChI=1S/C14H20N4O3/c1-9-11(13(15)20)6-16-14(17-9)10-4-3-5-18(7-10)12(19)8-21-2/h6,10H,3-5,7-8H2,1-2H3,(H2,15,20). The third-order valence-corrected chi connectivity index (χ3v) is 3.67. The van der Waals surface area contributed by atoms with Crippen LogP contribution in [0.2, 0.25) is 0 Å². The monoisotopic (exact) mass is 292 g/mol. The number of piperidine rings is 1. The number of amides is 2. The van der Waals surface area contributed by atoms with Crippen LogP contribution >= 0.6 is 0 Å². The first-order valence-electron chi connectivity index (χ1n) is 6.93. The molecule has 1 aliphatic heterocycles. The highest BCUT2D eigenvalue weighted by Crippen LogP contribution is 2.24. The van der Waals surface area contributed by atoms with Crippen LogP contribution in [0.15, 0.2) is 6.20 Å². The number of likely N-dealkylation sites (tertiary alicyclic amines) is 1. The molecule has 2 N–H and O–H groups in total. The van der Waals surface area contributed by atoms with Crippen molar-refractivity contribution < 1.29 is 14.3 Å². The highest BCUT2D eigenvalue weighted by molar-refractivity contribution is 5.93. The van der Waals surface area contributed by atoms with Crippen LogP contribution in [0.4, 0.5) is 0 Å². The third kappa shape index (κ3) is 3.55. The number of rotatable bonds is 4. The second kappa shape index (κ2) is 6.62. The van der Waals surface area contributed by atoms with Crippen LogP contribution in [0.5, 0.6) is 0 Å². The maximum atomic E-state index is 11.9. The van der Waals surface area contributed by atoms with Gasteiger partial charge in [0.2, 0.25) is 5.91 Å². The fourth-order valence-corrected chi connectivity index (χ4v) is 2.55. The molecule has 0 spiro atoms. The summed E-state index contributed by atoms with van der Waals surface area (Å²) in [4.78, 5) is 33.5. The van der Waals surface area contributed by atoms with Gasteiger partial charge in [-0.15, -0.1) is 0 Å². The Kier molecular flexibility index (Phi) is 4.85. The van der Waals surface area contributed by atoms with E-state index in [0.29, 0.717) is 23.6 Å². The number of hydrogen-bond acceptors (Lipinski definition) is 5. The van der Waals surface area contributed by atoms with E-state index >= 15 is 0 Å². The molecule has 2 rings (SSSR count). The van der Waals surface area contributed by atoms with Crippen LogP contribution in [0, 0.1) is 6.92 Å². The molecule has 0 aromatic carbocycles. The number of carbonyl (C=O) groups is 2. The van der Waals surface area contributed by atoms with Crippen molar-refractivity contribution in [2.24, 2.45) is 5.73 Å². The van der Waals surface area contributed by atoms with Crippen LogP contribution in [-0.4, -0.2) is 53.5 Å². The lowest BCUT2D eigenvalue weighted by Crippen LogP contribution is -2.41. The highest BCUT2D eigenvalue weighted by atomic mass is 16.5. The van der Waals surface area contributed by atoms with Crippen molar-refractivity contribution in [2.75, 3.05) is 26.8 Å². The van der Waals surface area contributed by atoms with Crippen LogP contribution < -0.4 is 5.73 Å². The molecule has 0 radical (unpaired) electrons. The molecule has 1 aromatic rings. The van der Waals surface area contributed by atoms with Gasteiger partial charge >= 0.3 is 0 Å². The van der Waals surface area contributed by atoms with Gasteiger partial charge in [0.05, 0.1) is 11.3 Å². The second-order valence-electron chi connectivity index (χ2n) is 5.20. The molecule has 0 bridgehead atoms. The van der Waals surface area contributed by atoms with E-state index in [2.05, 4.69) is 9.97 Å². The number of primary amides is 1. The predicted octanol–water partition coefficient (Wildman–Crippen LogP) is 0.236. The largest absolute Gasteiger partial charge is 0.375 e. The van der Waals surface area contributed by atoms with Crippen molar-refractivity contribution in [3.63, 3.8) is 0 Å². The van der Waals surface area contributed by atoms with Crippen LogP contribution in [0.25, 0.3) is 0 Å². The van der Waals surface area contributed by atoms with E-state index in [1.807, 2.05) is 0 Å². The Morgan fingerprint density at radius 3 is 2.90 bits per heavy atom. The summed E-state index contributed by atoms with van der Waals surface area (Å²) in [6.45, 7) is 3.14. The van der Waals surface area contributed by atoms with E-state index < -0.39 is 5.91 Å². The smallest absolute Gasteiger partial charge is 0.252 e. The van der Waals surface area contributed by atoms with Gasteiger partial charge in [0, 0.05) is 32.3 Å². The minimum absolute atomic E-state index is 0.0207. The molecular formula is C14H20N4O3. The first kappa shape index (κ1) is 15.4. The summed E-state index contributed by atoms with van der Waals surface area (Å²) in [7, 11) is 1.51. The number of hydrogen-bond donors (Lipinski definition) is 1. The average Bonchev–Trinajstić information content (AvgIpc) is 2.47. The molecule has 114 valence electrons. The summed E-state index contributed by atoms with van der Waals surface area (Å²) >= 11 is 0. The van der Waals surface area contributed by atoms with E-state index in [9.17, 15) is 9.59 Å². The molecule has 1 aliphatic rings. The van der Waals surface area contributed by atoms with Gasteiger partial charge in [0.1, 0.15) is 12.4 Å². The Morgan fingerprint density at radius 2 is 2.29 bits per heavy atom. The molecule has 0 aliphatic carbocycles.